The molecule has 4 heteroatoms. The summed E-state index contributed by atoms with van der Waals surface area (Å²) in [5.41, 5.74) is 17.9. The molecular formula is C60H38N4. The number of aromatic nitrogens is 3. The van der Waals surface area contributed by atoms with Gasteiger partial charge >= 0.3 is 0 Å². The van der Waals surface area contributed by atoms with Crippen LogP contribution in [0.15, 0.2) is 231 Å². The number of nitrogens with zero attached hydrogens (tertiary/aromatic N) is 4. The fourth-order valence-corrected chi connectivity index (χ4v) is 9.96. The second kappa shape index (κ2) is 15.3. The van der Waals surface area contributed by atoms with Crippen LogP contribution >= 0.6 is 0 Å². The van der Waals surface area contributed by atoms with E-state index in [1.807, 2.05) is 24.5 Å². The van der Waals surface area contributed by atoms with E-state index in [9.17, 15) is 0 Å². The lowest BCUT2D eigenvalue weighted by molar-refractivity contribution is 1.14. The maximum absolute atomic E-state index is 8.78. The molecule has 0 N–H and O–H groups in total. The molecule has 0 aliphatic rings. The Labute approximate surface area is 371 Å². The van der Waals surface area contributed by atoms with E-state index in [2.05, 4.69) is 225 Å². The van der Waals surface area contributed by atoms with Gasteiger partial charge < -0.3 is 9.13 Å². The largest absolute Gasteiger partial charge is 0.319 e. The fraction of sp³-hybridized carbons (Fsp3) is 0. The Kier molecular flexibility index (Phi) is 8.84. The van der Waals surface area contributed by atoms with E-state index in [4.69, 9.17) is 6.57 Å². The lowest BCUT2D eigenvalue weighted by atomic mass is 9.92. The van der Waals surface area contributed by atoms with Gasteiger partial charge in [-0.3, -0.25) is 4.98 Å². The lowest BCUT2D eigenvalue weighted by Crippen LogP contribution is -2.02. The average Bonchev–Trinajstić information content (AvgIpc) is 3.90. The van der Waals surface area contributed by atoms with E-state index in [1.165, 1.54) is 38.8 Å². The molecule has 12 aromatic rings. The highest BCUT2D eigenvalue weighted by Crippen LogP contribution is 2.47. The predicted octanol–water partition coefficient (Wildman–Crippen LogP) is 16.2. The maximum Gasteiger partial charge on any atom is 0.211 e. The zero-order valence-electron chi connectivity index (χ0n) is 34.7. The first-order chi connectivity index (χ1) is 31.8. The first kappa shape index (κ1) is 37.0. The molecule has 0 amide bonds. The number of hydrogen-bond acceptors (Lipinski definition) is 1. The van der Waals surface area contributed by atoms with Crippen molar-refractivity contribution in [3.8, 4) is 67.0 Å². The Morgan fingerprint density at radius 3 is 1.25 bits per heavy atom. The quantitative estimate of drug-likeness (QED) is 0.147. The highest BCUT2D eigenvalue weighted by molar-refractivity contribution is 6.19. The molecular weight excluding hydrogens is 777 g/mol. The first-order valence-corrected chi connectivity index (χ1v) is 21.6. The van der Waals surface area contributed by atoms with Gasteiger partial charge in [-0.05, 0) is 104 Å². The molecule has 298 valence electrons. The normalized spacial score (nSPS) is 11.4. The summed E-state index contributed by atoms with van der Waals surface area (Å²) >= 11 is 0. The third-order valence-electron chi connectivity index (χ3n) is 12.7. The molecule has 0 unspecified atom stereocenters. The molecule has 3 aromatic heterocycles. The van der Waals surface area contributed by atoms with Crippen LogP contribution < -0.4 is 0 Å². The smallest absolute Gasteiger partial charge is 0.211 e. The van der Waals surface area contributed by atoms with Crippen molar-refractivity contribution in [1.29, 1.82) is 0 Å². The van der Waals surface area contributed by atoms with Crippen LogP contribution in [0.1, 0.15) is 0 Å². The molecule has 0 fully saturated rings. The second-order valence-corrected chi connectivity index (χ2v) is 16.1. The summed E-state index contributed by atoms with van der Waals surface area (Å²) in [6.45, 7) is 8.78. The topological polar surface area (TPSA) is 27.1 Å². The highest BCUT2D eigenvalue weighted by Gasteiger charge is 2.24. The van der Waals surface area contributed by atoms with Crippen molar-refractivity contribution >= 4 is 49.3 Å². The summed E-state index contributed by atoms with van der Waals surface area (Å²) in [6.07, 6.45) is 3.66. The standard InChI is InChI=1S/C60H38N4/c1-61-52-38-51(42-34-36-62-37-35-42)57(63-53-30-14-12-26-49(53)59-47(28-16-32-55(59)63)45-24-10-8-22-43(45)40-18-4-2-5-19-40)39-58(52)64-54-31-15-13-27-50(54)60-48(29-17-33-56(60)64)46-25-11-9-23-44(46)41-20-6-3-7-21-41/h2-39H. The van der Waals surface area contributed by atoms with Crippen molar-refractivity contribution in [1.82, 2.24) is 14.1 Å². The number of para-hydroxylation sites is 2. The minimum Gasteiger partial charge on any atom is -0.319 e. The molecule has 9 aromatic carbocycles. The van der Waals surface area contributed by atoms with Gasteiger partial charge in [0.2, 0.25) is 5.69 Å². The van der Waals surface area contributed by atoms with Crippen molar-refractivity contribution in [2.24, 2.45) is 0 Å². The zero-order chi connectivity index (χ0) is 42.6. The Morgan fingerprint density at radius 2 is 0.734 bits per heavy atom. The Balaban J connectivity index is 1.17. The molecule has 0 atom stereocenters. The molecule has 4 nitrogen and oxygen atoms in total. The molecule has 0 radical (unpaired) electrons. The third kappa shape index (κ3) is 5.87. The summed E-state index contributed by atoms with van der Waals surface area (Å²) in [5, 5.41) is 4.61. The van der Waals surface area contributed by atoms with Gasteiger partial charge in [-0.15, -0.1) is 0 Å². The van der Waals surface area contributed by atoms with Crippen LogP contribution in [-0.2, 0) is 0 Å². The van der Waals surface area contributed by atoms with E-state index >= 15 is 0 Å². The SMILES string of the molecule is [C-]#[N+]c1cc(-c2ccncc2)c(-n2c3ccccc3c3c(-c4ccccc4-c4ccccc4)cccc32)cc1-n1c2ccccc2c2c(-c3ccccc3-c3ccccc3)cccc21. The molecule has 12 rings (SSSR count). The number of fused-ring (bicyclic) bond motifs is 6. The van der Waals surface area contributed by atoms with Crippen molar-refractivity contribution in [2.75, 3.05) is 0 Å². The Bertz CT molecular complexity index is 3780. The van der Waals surface area contributed by atoms with Crippen LogP contribution in [0.25, 0.3) is 115 Å². The Hall–Kier alpha value is -8.78. The summed E-state index contributed by atoms with van der Waals surface area (Å²) in [4.78, 5) is 8.70. The molecule has 0 aliphatic heterocycles. The molecule has 3 heterocycles. The number of rotatable bonds is 7. The minimum atomic E-state index is 0.562. The van der Waals surface area contributed by atoms with Crippen LogP contribution in [0.2, 0.25) is 0 Å². The van der Waals surface area contributed by atoms with Crippen LogP contribution in [0.3, 0.4) is 0 Å². The van der Waals surface area contributed by atoms with E-state index in [0.717, 1.165) is 71.9 Å². The third-order valence-corrected chi connectivity index (χ3v) is 12.7. The van der Waals surface area contributed by atoms with E-state index in [1.54, 1.807) is 0 Å². The Morgan fingerprint density at radius 1 is 0.328 bits per heavy atom. The second-order valence-electron chi connectivity index (χ2n) is 16.1. The molecule has 0 saturated carbocycles. The summed E-state index contributed by atoms with van der Waals surface area (Å²) in [6, 6.07) is 77.6. The summed E-state index contributed by atoms with van der Waals surface area (Å²) in [7, 11) is 0. The van der Waals surface area contributed by atoms with Gasteiger partial charge in [-0.25, -0.2) is 4.85 Å². The molecule has 0 spiro atoms. The van der Waals surface area contributed by atoms with Crippen molar-refractivity contribution in [2.45, 2.75) is 0 Å². The fourth-order valence-electron chi connectivity index (χ4n) is 9.96. The molecule has 0 bridgehead atoms. The molecule has 0 saturated heterocycles. The van der Waals surface area contributed by atoms with Gasteiger partial charge in [0.05, 0.1) is 40.0 Å². The summed E-state index contributed by atoms with van der Waals surface area (Å²) < 4.78 is 4.71. The van der Waals surface area contributed by atoms with Crippen LogP contribution in [0.5, 0.6) is 0 Å². The van der Waals surface area contributed by atoms with Gasteiger partial charge in [0.1, 0.15) is 0 Å². The number of benzene rings is 9. The highest BCUT2D eigenvalue weighted by atomic mass is 15.0. The zero-order valence-corrected chi connectivity index (χ0v) is 34.7. The van der Waals surface area contributed by atoms with Crippen LogP contribution in [0, 0.1) is 6.57 Å². The number of pyridine rings is 1. The minimum absolute atomic E-state index is 0.562. The summed E-state index contributed by atoms with van der Waals surface area (Å²) in [5.74, 6) is 0. The van der Waals surface area contributed by atoms with E-state index < -0.39 is 0 Å². The van der Waals surface area contributed by atoms with Crippen molar-refractivity contribution in [3.63, 3.8) is 0 Å². The van der Waals surface area contributed by atoms with E-state index in [-0.39, 0.29) is 0 Å². The molecule has 64 heavy (non-hydrogen) atoms. The van der Waals surface area contributed by atoms with E-state index in [0.29, 0.717) is 5.69 Å². The van der Waals surface area contributed by atoms with Crippen molar-refractivity contribution in [3.05, 3.63) is 242 Å². The van der Waals surface area contributed by atoms with Crippen LogP contribution in [0.4, 0.5) is 5.69 Å². The first-order valence-electron chi connectivity index (χ1n) is 21.6. The molecule has 0 aliphatic carbocycles. The van der Waals surface area contributed by atoms with Crippen molar-refractivity contribution < 1.29 is 0 Å². The average molecular weight is 815 g/mol. The monoisotopic (exact) mass is 814 g/mol. The van der Waals surface area contributed by atoms with Gasteiger partial charge in [-0.1, -0.05) is 170 Å². The lowest BCUT2D eigenvalue weighted by Gasteiger charge is -2.19. The van der Waals surface area contributed by atoms with Gasteiger partial charge in [0.15, 0.2) is 0 Å². The predicted molar refractivity (Wildman–Crippen MR) is 266 cm³/mol. The van der Waals surface area contributed by atoms with Crippen LogP contribution in [-0.4, -0.2) is 14.1 Å². The van der Waals surface area contributed by atoms with Gasteiger partial charge in [-0.2, -0.15) is 0 Å². The van der Waals surface area contributed by atoms with Gasteiger partial charge in [0, 0.05) is 33.9 Å². The number of hydrogen-bond donors (Lipinski definition) is 0. The maximum atomic E-state index is 8.78. The van der Waals surface area contributed by atoms with Gasteiger partial charge in [0.25, 0.3) is 0 Å².